The first-order chi connectivity index (χ1) is 11.1. The molecule has 2 aromatic carbocycles. The molecule has 2 aromatic rings. The molecule has 2 rings (SSSR count). The van der Waals surface area contributed by atoms with Crippen molar-refractivity contribution < 1.29 is 9.53 Å². The number of ether oxygens (including phenoxy) is 1. The quantitative estimate of drug-likeness (QED) is 0.802. The van der Waals surface area contributed by atoms with Gasteiger partial charge in [-0.2, -0.15) is 0 Å². The van der Waals surface area contributed by atoms with E-state index >= 15 is 0 Å². The van der Waals surface area contributed by atoms with E-state index in [1.54, 1.807) is 0 Å². The molecule has 122 valence electrons. The Morgan fingerprint density at radius 3 is 2.43 bits per heavy atom. The van der Waals surface area contributed by atoms with Crippen LogP contribution in [0.4, 0.5) is 11.4 Å². The summed E-state index contributed by atoms with van der Waals surface area (Å²) in [5.41, 5.74) is 2.98. The van der Waals surface area contributed by atoms with E-state index in [4.69, 9.17) is 4.74 Å². The molecule has 0 atom stereocenters. The zero-order chi connectivity index (χ0) is 16.7. The normalized spacial score (nSPS) is 10.4. The van der Waals surface area contributed by atoms with Gasteiger partial charge in [0.1, 0.15) is 5.75 Å². The molecular formula is C19H24N2O2. The van der Waals surface area contributed by atoms with Gasteiger partial charge in [-0.05, 0) is 48.9 Å². The summed E-state index contributed by atoms with van der Waals surface area (Å²) >= 11 is 0. The van der Waals surface area contributed by atoms with Crippen LogP contribution in [0.3, 0.4) is 0 Å². The number of carbonyl (C=O) groups excluding carboxylic acids is 1. The minimum absolute atomic E-state index is 0.0228. The third kappa shape index (κ3) is 5.33. The highest BCUT2D eigenvalue weighted by atomic mass is 16.5. The molecule has 0 spiro atoms. The van der Waals surface area contributed by atoms with E-state index in [0.29, 0.717) is 6.61 Å². The average Bonchev–Trinajstić information content (AvgIpc) is 2.55. The smallest absolute Gasteiger partial charge is 0.226 e. The van der Waals surface area contributed by atoms with Crippen molar-refractivity contribution in [2.75, 3.05) is 17.2 Å². The van der Waals surface area contributed by atoms with Crippen LogP contribution in [0.25, 0.3) is 0 Å². The number of amides is 1. The fourth-order valence-electron chi connectivity index (χ4n) is 2.07. The molecule has 0 heterocycles. The van der Waals surface area contributed by atoms with E-state index < -0.39 is 0 Å². The van der Waals surface area contributed by atoms with Crippen molar-refractivity contribution in [1.29, 1.82) is 0 Å². The SMILES string of the molecule is CCOc1cccc(CNc2ccc(NC(=O)C(C)C)cc2)c1. The van der Waals surface area contributed by atoms with E-state index in [1.807, 2.05) is 63.2 Å². The summed E-state index contributed by atoms with van der Waals surface area (Å²) in [7, 11) is 0. The Morgan fingerprint density at radius 2 is 1.78 bits per heavy atom. The number of nitrogens with one attached hydrogen (secondary N) is 2. The molecule has 0 radical (unpaired) electrons. The van der Waals surface area contributed by atoms with Crippen molar-refractivity contribution >= 4 is 17.3 Å². The summed E-state index contributed by atoms with van der Waals surface area (Å²) in [6.45, 7) is 7.12. The summed E-state index contributed by atoms with van der Waals surface area (Å²) in [6.07, 6.45) is 0. The molecule has 1 amide bonds. The fraction of sp³-hybridized carbons (Fsp3) is 0.316. The van der Waals surface area contributed by atoms with Crippen LogP contribution in [0.1, 0.15) is 26.3 Å². The number of anilines is 2. The zero-order valence-electron chi connectivity index (χ0n) is 13.9. The van der Waals surface area contributed by atoms with Gasteiger partial charge in [0, 0.05) is 23.8 Å². The van der Waals surface area contributed by atoms with Crippen LogP contribution in [-0.4, -0.2) is 12.5 Å². The van der Waals surface area contributed by atoms with Crippen molar-refractivity contribution in [3.63, 3.8) is 0 Å². The molecular weight excluding hydrogens is 288 g/mol. The Morgan fingerprint density at radius 1 is 1.09 bits per heavy atom. The lowest BCUT2D eigenvalue weighted by molar-refractivity contribution is -0.118. The highest BCUT2D eigenvalue weighted by Gasteiger charge is 2.06. The van der Waals surface area contributed by atoms with Gasteiger partial charge in [-0.1, -0.05) is 26.0 Å². The van der Waals surface area contributed by atoms with Gasteiger partial charge in [0.05, 0.1) is 6.61 Å². The van der Waals surface area contributed by atoms with Crippen LogP contribution < -0.4 is 15.4 Å². The lowest BCUT2D eigenvalue weighted by atomic mass is 10.2. The second kappa shape index (κ2) is 8.22. The summed E-state index contributed by atoms with van der Waals surface area (Å²) in [6, 6.07) is 15.8. The maximum Gasteiger partial charge on any atom is 0.226 e. The number of benzene rings is 2. The van der Waals surface area contributed by atoms with Gasteiger partial charge in [-0.25, -0.2) is 0 Å². The largest absolute Gasteiger partial charge is 0.494 e. The van der Waals surface area contributed by atoms with Crippen LogP contribution in [-0.2, 0) is 11.3 Å². The van der Waals surface area contributed by atoms with Crippen molar-refractivity contribution in [3.05, 3.63) is 54.1 Å². The van der Waals surface area contributed by atoms with Gasteiger partial charge in [0.15, 0.2) is 0 Å². The molecule has 0 saturated heterocycles. The number of rotatable bonds is 7. The summed E-state index contributed by atoms with van der Waals surface area (Å²) in [4.78, 5) is 11.7. The summed E-state index contributed by atoms with van der Waals surface area (Å²) < 4.78 is 5.50. The van der Waals surface area contributed by atoms with Crippen LogP contribution in [0.15, 0.2) is 48.5 Å². The van der Waals surface area contributed by atoms with Crippen molar-refractivity contribution in [2.24, 2.45) is 5.92 Å². The Kier molecular flexibility index (Phi) is 6.03. The Labute approximate surface area is 137 Å². The molecule has 4 nitrogen and oxygen atoms in total. The van der Waals surface area contributed by atoms with E-state index in [0.717, 1.165) is 29.2 Å². The molecule has 0 bridgehead atoms. The predicted octanol–water partition coefficient (Wildman–Crippen LogP) is 4.29. The standard InChI is InChI=1S/C19H24N2O2/c1-4-23-18-7-5-6-15(12-18)13-20-16-8-10-17(11-9-16)21-19(22)14(2)3/h5-12,14,20H,4,13H2,1-3H3,(H,21,22). The second-order valence-corrected chi connectivity index (χ2v) is 5.66. The zero-order valence-corrected chi connectivity index (χ0v) is 13.9. The molecule has 0 aromatic heterocycles. The van der Waals surface area contributed by atoms with Gasteiger partial charge >= 0.3 is 0 Å². The highest BCUT2D eigenvalue weighted by molar-refractivity contribution is 5.92. The maximum absolute atomic E-state index is 11.7. The lowest BCUT2D eigenvalue weighted by Crippen LogP contribution is -2.17. The maximum atomic E-state index is 11.7. The predicted molar refractivity (Wildman–Crippen MR) is 94.8 cm³/mol. The molecule has 0 fully saturated rings. The molecule has 0 unspecified atom stereocenters. The van der Waals surface area contributed by atoms with Gasteiger partial charge in [-0.15, -0.1) is 0 Å². The average molecular weight is 312 g/mol. The summed E-state index contributed by atoms with van der Waals surface area (Å²) in [5, 5.41) is 6.25. The molecule has 0 aliphatic heterocycles. The first-order valence-corrected chi connectivity index (χ1v) is 7.95. The monoisotopic (exact) mass is 312 g/mol. The third-order valence-corrected chi connectivity index (χ3v) is 3.38. The lowest BCUT2D eigenvalue weighted by Gasteiger charge is -2.11. The number of hydrogen-bond donors (Lipinski definition) is 2. The Hall–Kier alpha value is -2.49. The number of carbonyl (C=O) groups is 1. The summed E-state index contributed by atoms with van der Waals surface area (Å²) in [5.74, 6) is 0.891. The van der Waals surface area contributed by atoms with Crippen LogP contribution in [0.2, 0.25) is 0 Å². The van der Waals surface area contributed by atoms with Crippen LogP contribution >= 0.6 is 0 Å². The Balaban J connectivity index is 1.91. The van der Waals surface area contributed by atoms with E-state index in [1.165, 1.54) is 0 Å². The first kappa shape index (κ1) is 16.9. The van der Waals surface area contributed by atoms with E-state index in [9.17, 15) is 4.79 Å². The minimum atomic E-state index is -0.0228. The first-order valence-electron chi connectivity index (χ1n) is 7.95. The molecule has 4 heteroatoms. The van der Waals surface area contributed by atoms with Gasteiger partial charge < -0.3 is 15.4 Å². The van der Waals surface area contributed by atoms with Crippen molar-refractivity contribution in [1.82, 2.24) is 0 Å². The van der Waals surface area contributed by atoms with Crippen molar-refractivity contribution in [2.45, 2.75) is 27.3 Å². The third-order valence-electron chi connectivity index (χ3n) is 3.38. The molecule has 23 heavy (non-hydrogen) atoms. The topological polar surface area (TPSA) is 50.4 Å². The Bertz CT molecular complexity index is 636. The van der Waals surface area contributed by atoms with Crippen molar-refractivity contribution in [3.8, 4) is 5.75 Å². The van der Waals surface area contributed by atoms with Crippen LogP contribution in [0.5, 0.6) is 5.75 Å². The number of hydrogen-bond acceptors (Lipinski definition) is 3. The second-order valence-electron chi connectivity index (χ2n) is 5.66. The van der Waals surface area contributed by atoms with Gasteiger partial charge in [0.2, 0.25) is 5.91 Å². The van der Waals surface area contributed by atoms with Gasteiger partial charge in [-0.3, -0.25) is 4.79 Å². The van der Waals surface area contributed by atoms with E-state index in [2.05, 4.69) is 16.7 Å². The minimum Gasteiger partial charge on any atom is -0.494 e. The van der Waals surface area contributed by atoms with Gasteiger partial charge in [0.25, 0.3) is 0 Å². The molecule has 0 aliphatic carbocycles. The molecule has 0 saturated carbocycles. The van der Waals surface area contributed by atoms with E-state index in [-0.39, 0.29) is 11.8 Å². The molecule has 0 aliphatic rings. The molecule has 2 N–H and O–H groups in total. The van der Waals surface area contributed by atoms with Crippen LogP contribution in [0, 0.1) is 5.92 Å². The fourth-order valence-corrected chi connectivity index (χ4v) is 2.07. The highest BCUT2D eigenvalue weighted by Crippen LogP contribution is 2.17.